The first kappa shape index (κ1) is 15.6. The molecule has 1 aromatic heterocycles. The zero-order valence-electron chi connectivity index (χ0n) is 11.4. The van der Waals surface area contributed by atoms with E-state index in [1.54, 1.807) is 0 Å². The van der Waals surface area contributed by atoms with Crippen molar-refractivity contribution in [2.75, 3.05) is 12.4 Å². The zero-order valence-corrected chi connectivity index (χ0v) is 12.2. The Bertz CT molecular complexity index is 430. The van der Waals surface area contributed by atoms with Crippen LogP contribution in [0, 0.1) is 0 Å². The quantitative estimate of drug-likeness (QED) is 0.778. The molecule has 0 aliphatic carbocycles. The first-order valence-electron chi connectivity index (χ1n) is 6.30. The highest BCUT2D eigenvalue weighted by atomic mass is 32.1. The van der Waals surface area contributed by atoms with Crippen molar-refractivity contribution < 1.29 is 14.3 Å². The van der Waals surface area contributed by atoms with Crippen LogP contribution in [0.5, 0.6) is 0 Å². The van der Waals surface area contributed by atoms with Gasteiger partial charge in [-0.25, -0.2) is 0 Å². The summed E-state index contributed by atoms with van der Waals surface area (Å²) in [5, 5.41) is 12.1. The highest BCUT2D eigenvalue weighted by molar-refractivity contribution is 7.15. The van der Waals surface area contributed by atoms with Gasteiger partial charge in [0.05, 0.1) is 13.5 Å². The van der Waals surface area contributed by atoms with Gasteiger partial charge in [0.15, 0.2) is 0 Å². The highest BCUT2D eigenvalue weighted by Crippen LogP contribution is 2.28. The Balaban J connectivity index is 2.49. The van der Waals surface area contributed by atoms with Gasteiger partial charge < -0.3 is 10.1 Å². The molecule has 0 unspecified atom stereocenters. The van der Waals surface area contributed by atoms with E-state index in [1.807, 2.05) is 0 Å². The first-order valence-corrected chi connectivity index (χ1v) is 7.12. The minimum atomic E-state index is -0.398. The molecular weight excluding hydrogens is 266 g/mol. The molecule has 1 amide bonds. The van der Waals surface area contributed by atoms with Gasteiger partial charge in [-0.3, -0.25) is 9.59 Å². The van der Waals surface area contributed by atoms with Gasteiger partial charge in [0, 0.05) is 12.3 Å². The van der Waals surface area contributed by atoms with Gasteiger partial charge in [-0.1, -0.05) is 25.2 Å². The molecule has 1 aromatic rings. The van der Waals surface area contributed by atoms with Crippen molar-refractivity contribution in [1.82, 2.24) is 10.2 Å². The van der Waals surface area contributed by atoms with Crippen LogP contribution in [-0.2, 0) is 14.3 Å². The average Bonchev–Trinajstić information content (AvgIpc) is 2.85. The number of rotatable bonds is 7. The molecule has 1 N–H and O–H groups in total. The fourth-order valence-corrected chi connectivity index (χ4v) is 2.61. The maximum atomic E-state index is 11.6. The van der Waals surface area contributed by atoms with Gasteiger partial charge in [0.1, 0.15) is 5.01 Å². The molecule has 0 saturated carbocycles. The lowest BCUT2D eigenvalue weighted by Gasteiger charge is -2.05. The van der Waals surface area contributed by atoms with Crippen molar-refractivity contribution in [3.63, 3.8) is 0 Å². The number of anilines is 1. The summed E-state index contributed by atoms with van der Waals surface area (Å²) in [6, 6.07) is 0. The van der Waals surface area contributed by atoms with Gasteiger partial charge in [0.25, 0.3) is 0 Å². The Hall–Kier alpha value is -1.50. The molecular formula is C12H19N3O3S. The molecule has 0 spiro atoms. The largest absolute Gasteiger partial charge is 0.469 e. The minimum Gasteiger partial charge on any atom is -0.469 e. The Morgan fingerprint density at radius 2 is 1.95 bits per heavy atom. The summed E-state index contributed by atoms with van der Waals surface area (Å²) in [6.45, 7) is 4.20. The van der Waals surface area contributed by atoms with Crippen LogP contribution in [0.4, 0.5) is 5.13 Å². The van der Waals surface area contributed by atoms with E-state index >= 15 is 0 Å². The van der Waals surface area contributed by atoms with Crippen molar-refractivity contribution in [1.29, 1.82) is 0 Å². The number of nitrogens with zero attached hydrogens (tertiary/aromatic N) is 2. The van der Waals surface area contributed by atoms with Crippen LogP contribution in [-0.4, -0.2) is 29.2 Å². The molecule has 0 fully saturated rings. The zero-order chi connectivity index (χ0) is 14.3. The Labute approximate surface area is 116 Å². The fourth-order valence-electron chi connectivity index (χ4n) is 1.59. The van der Waals surface area contributed by atoms with Gasteiger partial charge in [-0.2, -0.15) is 0 Å². The Morgan fingerprint density at radius 1 is 1.26 bits per heavy atom. The lowest BCUT2D eigenvalue weighted by Crippen LogP contribution is -2.13. The van der Waals surface area contributed by atoms with E-state index in [0.29, 0.717) is 11.0 Å². The lowest BCUT2D eigenvalue weighted by atomic mass is 10.1. The Kier molecular flexibility index (Phi) is 6.41. The molecule has 7 heteroatoms. The van der Waals surface area contributed by atoms with Crippen LogP contribution in [0.15, 0.2) is 0 Å². The molecule has 0 radical (unpaired) electrons. The second kappa shape index (κ2) is 7.83. The smallest absolute Gasteiger partial charge is 0.306 e. The molecule has 0 bridgehead atoms. The number of methoxy groups -OCH3 is 1. The van der Waals surface area contributed by atoms with Crippen molar-refractivity contribution in [2.45, 2.75) is 45.4 Å². The molecule has 19 heavy (non-hydrogen) atoms. The topological polar surface area (TPSA) is 81.2 Å². The summed E-state index contributed by atoms with van der Waals surface area (Å²) in [6.07, 6.45) is 2.16. The number of carbonyl (C=O) groups excluding carboxylic acids is 2. The predicted octanol–water partition coefficient (Wildman–Crippen LogP) is 2.33. The van der Waals surface area contributed by atoms with Gasteiger partial charge in [0.2, 0.25) is 11.0 Å². The van der Waals surface area contributed by atoms with E-state index in [2.05, 4.69) is 34.1 Å². The average molecular weight is 285 g/mol. The maximum Gasteiger partial charge on any atom is 0.306 e. The minimum absolute atomic E-state index is 0.0700. The Morgan fingerprint density at radius 3 is 2.53 bits per heavy atom. The molecule has 0 saturated heterocycles. The number of nitrogens with one attached hydrogen (secondary N) is 1. The maximum absolute atomic E-state index is 11.6. The van der Waals surface area contributed by atoms with Gasteiger partial charge >= 0.3 is 5.97 Å². The van der Waals surface area contributed by atoms with Crippen molar-refractivity contribution in [2.24, 2.45) is 0 Å². The third kappa shape index (κ3) is 4.94. The molecule has 0 aliphatic rings. The highest BCUT2D eigenvalue weighted by Gasteiger charge is 2.15. The molecule has 106 valence electrons. The van der Waals surface area contributed by atoms with Gasteiger partial charge in [-0.05, 0) is 12.8 Å². The standard InChI is InChI=1S/C12H19N3O3S/c1-4-8(5-2)11-14-15-12(19-11)13-9(16)6-7-10(17)18-3/h8H,4-7H2,1-3H3,(H,13,15,16). The summed E-state index contributed by atoms with van der Waals surface area (Å²) < 4.78 is 4.47. The van der Waals surface area contributed by atoms with Crippen LogP contribution in [0.1, 0.15) is 50.5 Å². The van der Waals surface area contributed by atoms with Crippen molar-refractivity contribution >= 4 is 28.3 Å². The molecule has 0 aromatic carbocycles. The van der Waals surface area contributed by atoms with E-state index in [9.17, 15) is 9.59 Å². The normalized spacial score (nSPS) is 10.5. The van der Waals surface area contributed by atoms with Crippen LogP contribution < -0.4 is 5.32 Å². The van der Waals surface area contributed by atoms with Crippen LogP contribution in [0.25, 0.3) is 0 Å². The number of carbonyl (C=O) groups is 2. The summed E-state index contributed by atoms with van der Waals surface area (Å²) in [4.78, 5) is 22.5. The summed E-state index contributed by atoms with van der Waals surface area (Å²) in [5.74, 6) is -0.263. The lowest BCUT2D eigenvalue weighted by molar-refractivity contribution is -0.141. The molecule has 0 aliphatic heterocycles. The van der Waals surface area contributed by atoms with Crippen LogP contribution in [0.3, 0.4) is 0 Å². The number of amides is 1. The van der Waals surface area contributed by atoms with E-state index < -0.39 is 5.97 Å². The van der Waals surface area contributed by atoms with E-state index in [4.69, 9.17) is 0 Å². The predicted molar refractivity (Wildman–Crippen MR) is 73.1 cm³/mol. The van der Waals surface area contributed by atoms with Gasteiger partial charge in [-0.15, -0.1) is 10.2 Å². The molecule has 1 rings (SSSR count). The number of hydrogen-bond acceptors (Lipinski definition) is 6. The summed E-state index contributed by atoms with van der Waals surface area (Å²) >= 11 is 1.39. The second-order valence-electron chi connectivity index (χ2n) is 4.08. The van der Waals surface area contributed by atoms with E-state index in [1.165, 1.54) is 18.4 Å². The third-order valence-electron chi connectivity index (χ3n) is 2.81. The molecule has 6 nitrogen and oxygen atoms in total. The summed E-state index contributed by atoms with van der Waals surface area (Å²) in [7, 11) is 1.30. The number of hydrogen-bond donors (Lipinski definition) is 1. The van der Waals surface area contributed by atoms with Crippen LogP contribution >= 0.6 is 11.3 Å². The fraction of sp³-hybridized carbons (Fsp3) is 0.667. The first-order chi connectivity index (χ1) is 9.10. The molecule has 1 heterocycles. The molecule has 0 atom stereocenters. The van der Waals surface area contributed by atoms with E-state index in [0.717, 1.165) is 17.8 Å². The van der Waals surface area contributed by atoms with Crippen LogP contribution in [0.2, 0.25) is 0 Å². The third-order valence-corrected chi connectivity index (χ3v) is 3.81. The summed E-state index contributed by atoms with van der Waals surface area (Å²) in [5.41, 5.74) is 0. The monoisotopic (exact) mass is 285 g/mol. The van der Waals surface area contributed by atoms with Crippen molar-refractivity contribution in [3.8, 4) is 0 Å². The SMILES string of the molecule is CCC(CC)c1nnc(NC(=O)CCC(=O)OC)s1. The number of esters is 1. The number of aromatic nitrogens is 2. The van der Waals surface area contributed by atoms with E-state index in [-0.39, 0.29) is 18.7 Å². The number of ether oxygens (including phenoxy) is 1. The van der Waals surface area contributed by atoms with Crippen molar-refractivity contribution in [3.05, 3.63) is 5.01 Å². The second-order valence-corrected chi connectivity index (χ2v) is 5.09.